The van der Waals surface area contributed by atoms with Gasteiger partial charge in [0.25, 0.3) is 0 Å². The van der Waals surface area contributed by atoms with Gasteiger partial charge in [-0.2, -0.15) is 0 Å². The molecular weight excluding hydrogens is 250 g/mol. The van der Waals surface area contributed by atoms with Gasteiger partial charge in [0.15, 0.2) is 11.8 Å². The van der Waals surface area contributed by atoms with Crippen LogP contribution in [0.2, 0.25) is 0 Å². The molecule has 0 bridgehead atoms. The van der Waals surface area contributed by atoms with E-state index < -0.39 is 0 Å². The van der Waals surface area contributed by atoms with Crippen molar-refractivity contribution in [2.24, 2.45) is 0 Å². The van der Waals surface area contributed by atoms with Gasteiger partial charge in [-0.05, 0) is 35.9 Å². The van der Waals surface area contributed by atoms with E-state index >= 15 is 0 Å². The quantitative estimate of drug-likeness (QED) is 0.530. The first-order valence-corrected chi connectivity index (χ1v) is 6.32. The van der Waals surface area contributed by atoms with Gasteiger partial charge in [-0.25, -0.2) is 4.98 Å². The van der Waals surface area contributed by atoms with Crippen molar-refractivity contribution in [3.63, 3.8) is 0 Å². The third-order valence-corrected chi connectivity index (χ3v) is 3.19. The Morgan fingerprint density at radius 3 is 2.60 bits per heavy atom. The van der Waals surface area contributed by atoms with Gasteiger partial charge in [-0.1, -0.05) is 24.3 Å². The number of benzene rings is 2. The van der Waals surface area contributed by atoms with Crippen molar-refractivity contribution in [3.05, 3.63) is 67.1 Å². The summed E-state index contributed by atoms with van der Waals surface area (Å²) >= 11 is 0. The molecule has 0 amide bonds. The highest BCUT2D eigenvalue weighted by atomic mass is 16.3. The Balaban J connectivity index is 1.84. The van der Waals surface area contributed by atoms with Crippen LogP contribution in [-0.4, -0.2) is 4.98 Å². The summed E-state index contributed by atoms with van der Waals surface area (Å²) in [5.74, 6) is 0.633. The normalized spacial score (nSPS) is 11.0. The van der Waals surface area contributed by atoms with Crippen molar-refractivity contribution >= 4 is 11.1 Å². The molecular formula is C17H10NO2. The molecule has 0 saturated carbocycles. The largest absolute Gasteiger partial charge is 0.460 e. The summed E-state index contributed by atoms with van der Waals surface area (Å²) in [6, 6.07) is 17.6. The minimum atomic E-state index is 0.633. The molecule has 95 valence electrons. The molecule has 0 unspecified atom stereocenters. The lowest BCUT2D eigenvalue weighted by molar-refractivity contribution is 0.559. The Morgan fingerprint density at radius 1 is 0.900 bits per heavy atom. The summed E-state index contributed by atoms with van der Waals surface area (Å²) in [6.07, 6.45) is 4.43. The fourth-order valence-corrected chi connectivity index (χ4v) is 2.19. The van der Waals surface area contributed by atoms with E-state index in [0.29, 0.717) is 5.89 Å². The molecule has 0 saturated heterocycles. The molecule has 4 rings (SSSR count). The van der Waals surface area contributed by atoms with Crippen LogP contribution in [0.4, 0.5) is 0 Å². The van der Waals surface area contributed by atoms with E-state index in [9.17, 15) is 0 Å². The Labute approximate surface area is 115 Å². The van der Waals surface area contributed by atoms with Gasteiger partial charge in [0.05, 0.1) is 6.26 Å². The first-order chi connectivity index (χ1) is 9.90. The van der Waals surface area contributed by atoms with Gasteiger partial charge in [0.2, 0.25) is 5.89 Å². The molecule has 0 spiro atoms. The fourth-order valence-electron chi connectivity index (χ4n) is 2.19. The highest BCUT2D eigenvalue weighted by Crippen LogP contribution is 2.28. The first kappa shape index (κ1) is 11.1. The zero-order valence-electron chi connectivity index (χ0n) is 10.5. The summed E-state index contributed by atoms with van der Waals surface area (Å²) in [4.78, 5) is 4.54. The summed E-state index contributed by atoms with van der Waals surface area (Å²) in [6.45, 7) is 0. The van der Waals surface area contributed by atoms with Gasteiger partial charge in [-0.15, -0.1) is 0 Å². The lowest BCUT2D eigenvalue weighted by Gasteiger charge is -1.94. The number of nitrogens with zero attached hydrogens (tertiary/aromatic N) is 1. The summed E-state index contributed by atoms with van der Waals surface area (Å²) < 4.78 is 10.8. The molecule has 3 nitrogen and oxygen atoms in total. The number of oxazole rings is 1. The minimum absolute atomic E-state index is 0.633. The molecule has 0 aliphatic heterocycles. The standard InChI is InChI=1S/C17H10NO2/c1-2-4-12(5-3-1)17-18-15-10-13(6-7-16(15)20-17)14-8-9-19-11-14/h1-10H. The lowest BCUT2D eigenvalue weighted by Crippen LogP contribution is -1.76. The summed E-state index contributed by atoms with van der Waals surface area (Å²) in [7, 11) is 0. The molecule has 0 N–H and O–H groups in total. The van der Waals surface area contributed by atoms with Crippen molar-refractivity contribution in [1.82, 2.24) is 4.98 Å². The van der Waals surface area contributed by atoms with Crippen LogP contribution in [0, 0.1) is 6.26 Å². The average molecular weight is 260 g/mol. The second-order valence-corrected chi connectivity index (χ2v) is 4.50. The van der Waals surface area contributed by atoms with Crippen molar-refractivity contribution in [2.75, 3.05) is 0 Å². The maximum atomic E-state index is 5.78. The van der Waals surface area contributed by atoms with E-state index in [2.05, 4.69) is 11.2 Å². The van der Waals surface area contributed by atoms with Crippen LogP contribution in [0.25, 0.3) is 33.7 Å². The Kier molecular flexibility index (Phi) is 2.42. The predicted molar refractivity (Wildman–Crippen MR) is 76.0 cm³/mol. The van der Waals surface area contributed by atoms with Gasteiger partial charge < -0.3 is 8.83 Å². The van der Waals surface area contributed by atoms with E-state index in [1.807, 2.05) is 54.6 Å². The molecule has 1 radical (unpaired) electrons. The van der Waals surface area contributed by atoms with Crippen LogP contribution in [-0.2, 0) is 0 Å². The maximum Gasteiger partial charge on any atom is 0.227 e. The van der Waals surface area contributed by atoms with Crippen molar-refractivity contribution < 1.29 is 8.83 Å². The van der Waals surface area contributed by atoms with Crippen LogP contribution in [0.15, 0.2) is 69.7 Å². The average Bonchev–Trinajstić information content (AvgIpc) is 3.16. The molecule has 0 fully saturated rings. The lowest BCUT2D eigenvalue weighted by atomic mass is 10.1. The zero-order chi connectivity index (χ0) is 13.4. The van der Waals surface area contributed by atoms with Crippen LogP contribution in [0.3, 0.4) is 0 Å². The molecule has 0 atom stereocenters. The van der Waals surface area contributed by atoms with Gasteiger partial charge in [0, 0.05) is 11.1 Å². The third kappa shape index (κ3) is 1.80. The number of hydrogen-bond donors (Lipinski definition) is 0. The fraction of sp³-hybridized carbons (Fsp3) is 0. The van der Waals surface area contributed by atoms with E-state index in [-0.39, 0.29) is 0 Å². The number of rotatable bonds is 2. The molecule has 3 heteroatoms. The number of aromatic nitrogens is 1. The number of hydrogen-bond acceptors (Lipinski definition) is 3. The minimum Gasteiger partial charge on any atom is -0.460 e. The SMILES string of the molecule is [c]1occc1-c1ccc2oc(-c3ccccc3)nc2c1. The first-order valence-electron chi connectivity index (χ1n) is 6.32. The van der Waals surface area contributed by atoms with E-state index in [1.54, 1.807) is 6.26 Å². The van der Waals surface area contributed by atoms with Gasteiger partial charge in [0.1, 0.15) is 5.52 Å². The second-order valence-electron chi connectivity index (χ2n) is 4.50. The molecule has 2 aromatic heterocycles. The highest BCUT2D eigenvalue weighted by Gasteiger charge is 2.09. The summed E-state index contributed by atoms with van der Waals surface area (Å²) in [5.41, 5.74) is 4.50. The summed E-state index contributed by atoms with van der Waals surface area (Å²) in [5, 5.41) is 0. The van der Waals surface area contributed by atoms with E-state index in [4.69, 9.17) is 8.83 Å². The monoisotopic (exact) mass is 260 g/mol. The van der Waals surface area contributed by atoms with Crippen molar-refractivity contribution in [1.29, 1.82) is 0 Å². The second kappa shape index (κ2) is 4.38. The molecule has 0 aliphatic carbocycles. The molecule has 0 aliphatic rings. The van der Waals surface area contributed by atoms with E-state index in [0.717, 1.165) is 27.8 Å². The van der Waals surface area contributed by atoms with Crippen LogP contribution >= 0.6 is 0 Å². The van der Waals surface area contributed by atoms with Crippen LogP contribution < -0.4 is 0 Å². The van der Waals surface area contributed by atoms with Crippen LogP contribution in [0.5, 0.6) is 0 Å². The van der Waals surface area contributed by atoms with Crippen molar-refractivity contribution in [3.8, 4) is 22.6 Å². The smallest absolute Gasteiger partial charge is 0.227 e. The number of furan rings is 1. The van der Waals surface area contributed by atoms with Crippen LogP contribution in [0.1, 0.15) is 0 Å². The molecule has 20 heavy (non-hydrogen) atoms. The maximum absolute atomic E-state index is 5.78. The van der Waals surface area contributed by atoms with Gasteiger partial charge in [-0.3, -0.25) is 0 Å². The number of fused-ring (bicyclic) bond motifs is 1. The molecule has 4 aromatic rings. The van der Waals surface area contributed by atoms with Gasteiger partial charge >= 0.3 is 0 Å². The molecule has 2 heterocycles. The Morgan fingerprint density at radius 2 is 1.80 bits per heavy atom. The van der Waals surface area contributed by atoms with E-state index in [1.165, 1.54) is 0 Å². The third-order valence-electron chi connectivity index (χ3n) is 3.19. The highest BCUT2D eigenvalue weighted by molar-refractivity contribution is 5.82. The molecule has 2 aromatic carbocycles. The van der Waals surface area contributed by atoms with Crippen molar-refractivity contribution in [2.45, 2.75) is 0 Å². The topological polar surface area (TPSA) is 39.2 Å². The Hall–Kier alpha value is -2.81. The Bertz CT molecular complexity index is 845. The zero-order valence-corrected chi connectivity index (χ0v) is 10.5. The predicted octanol–water partition coefficient (Wildman–Crippen LogP) is 4.55.